The molecule has 0 spiro atoms. The molecule has 24 heavy (non-hydrogen) atoms. The normalized spacial score (nSPS) is 25.1. The zero-order chi connectivity index (χ0) is 16.5. The second-order valence-corrected chi connectivity index (χ2v) is 7.25. The van der Waals surface area contributed by atoms with Gasteiger partial charge in [0.15, 0.2) is 6.61 Å². The Balaban J connectivity index is 1.30. The molecule has 1 aromatic heterocycles. The highest BCUT2D eigenvalue weighted by molar-refractivity contribution is 6.30. The number of esters is 1. The first-order valence-electron chi connectivity index (χ1n) is 8.41. The zero-order valence-electron chi connectivity index (χ0n) is 13.3. The Morgan fingerprint density at radius 2 is 2.08 bits per heavy atom. The largest absolute Gasteiger partial charge is 0.456 e. The lowest BCUT2D eigenvalue weighted by Crippen LogP contribution is -2.17. The van der Waals surface area contributed by atoms with E-state index >= 15 is 0 Å². The minimum atomic E-state index is -0.168. The maximum absolute atomic E-state index is 12.0. The van der Waals surface area contributed by atoms with E-state index in [0.29, 0.717) is 29.1 Å². The van der Waals surface area contributed by atoms with Gasteiger partial charge < -0.3 is 9.26 Å². The lowest BCUT2D eigenvalue weighted by Gasteiger charge is -2.20. The van der Waals surface area contributed by atoms with Crippen LogP contribution in [0.5, 0.6) is 0 Å². The number of ether oxygens (including phenoxy) is 1. The molecule has 0 unspecified atom stereocenters. The van der Waals surface area contributed by atoms with Crippen LogP contribution in [-0.2, 0) is 16.1 Å². The number of carbonyl (C=O) groups excluding carboxylic acids is 1. The smallest absolute Gasteiger partial charge is 0.306 e. The first-order valence-corrected chi connectivity index (χ1v) is 8.79. The van der Waals surface area contributed by atoms with Crippen molar-refractivity contribution in [1.29, 1.82) is 0 Å². The summed E-state index contributed by atoms with van der Waals surface area (Å²) >= 11 is 5.86. The fourth-order valence-electron chi connectivity index (χ4n) is 4.07. The summed E-state index contributed by atoms with van der Waals surface area (Å²) in [4.78, 5) is 16.3. The summed E-state index contributed by atoms with van der Waals surface area (Å²) in [5.41, 5.74) is 0.808. The van der Waals surface area contributed by atoms with Gasteiger partial charge in [-0.05, 0) is 61.3 Å². The molecule has 6 heteroatoms. The molecule has 5 nitrogen and oxygen atoms in total. The van der Waals surface area contributed by atoms with E-state index in [0.717, 1.165) is 17.4 Å². The number of fused-ring (bicyclic) bond motifs is 2. The quantitative estimate of drug-likeness (QED) is 0.757. The molecule has 4 rings (SSSR count). The standard InChI is InChI=1S/C18H19ClN2O3/c19-15-5-3-12(4-6-15)18-20-16(24-21-18)10-23-17(22)9-14-8-11-1-2-13(14)7-11/h3-6,11,13-14H,1-2,7-10H2/t11-,13+,14+/m0/s1. The maximum atomic E-state index is 12.0. The molecular formula is C18H19ClN2O3. The minimum Gasteiger partial charge on any atom is -0.456 e. The molecular weight excluding hydrogens is 328 g/mol. The lowest BCUT2D eigenvalue weighted by atomic mass is 9.86. The van der Waals surface area contributed by atoms with Gasteiger partial charge in [-0.15, -0.1) is 0 Å². The summed E-state index contributed by atoms with van der Waals surface area (Å²) in [6, 6.07) is 7.17. The Bertz CT molecular complexity index is 728. The second-order valence-electron chi connectivity index (χ2n) is 6.82. The third kappa shape index (κ3) is 3.31. The first-order chi connectivity index (χ1) is 11.7. The Morgan fingerprint density at radius 3 is 2.79 bits per heavy atom. The SMILES string of the molecule is O=C(C[C@H]1C[C@H]2CC[C@@H]1C2)OCc1nc(-c2ccc(Cl)cc2)no1. The molecule has 2 bridgehead atoms. The molecule has 2 aliphatic carbocycles. The zero-order valence-corrected chi connectivity index (χ0v) is 14.0. The third-order valence-corrected chi connectivity index (χ3v) is 5.49. The van der Waals surface area contributed by atoms with Crippen LogP contribution in [-0.4, -0.2) is 16.1 Å². The Labute approximate surface area is 145 Å². The Hall–Kier alpha value is -1.88. The van der Waals surface area contributed by atoms with Gasteiger partial charge in [-0.1, -0.05) is 23.2 Å². The molecule has 2 saturated carbocycles. The van der Waals surface area contributed by atoms with Gasteiger partial charge in [-0.25, -0.2) is 0 Å². The Morgan fingerprint density at radius 1 is 1.25 bits per heavy atom. The van der Waals surface area contributed by atoms with Gasteiger partial charge in [-0.3, -0.25) is 4.79 Å². The van der Waals surface area contributed by atoms with E-state index in [1.165, 1.54) is 25.7 Å². The van der Waals surface area contributed by atoms with Crippen molar-refractivity contribution in [3.8, 4) is 11.4 Å². The summed E-state index contributed by atoms with van der Waals surface area (Å²) < 4.78 is 10.5. The number of rotatable bonds is 5. The molecule has 2 aromatic rings. The van der Waals surface area contributed by atoms with Crippen LogP contribution in [0.3, 0.4) is 0 Å². The molecule has 1 heterocycles. The fourth-order valence-corrected chi connectivity index (χ4v) is 4.20. The lowest BCUT2D eigenvalue weighted by molar-refractivity contribution is -0.147. The van der Waals surface area contributed by atoms with Crippen LogP contribution in [0.25, 0.3) is 11.4 Å². The van der Waals surface area contributed by atoms with Crippen LogP contribution in [0.4, 0.5) is 0 Å². The second kappa shape index (κ2) is 6.55. The van der Waals surface area contributed by atoms with E-state index in [1.54, 1.807) is 12.1 Å². The molecule has 1 aromatic carbocycles. The minimum absolute atomic E-state index is 0.0280. The number of hydrogen-bond acceptors (Lipinski definition) is 5. The van der Waals surface area contributed by atoms with Crippen molar-refractivity contribution in [3.05, 3.63) is 35.2 Å². The summed E-state index contributed by atoms with van der Waals surface area (Å²) in [6.45, 7) is 0.0280. The van der Waals surface area contributed by atoms with Crippen LogP contribution in [0, 0.1) is 17.8 Å². The topological polar surface area (TPSA) is 65.2 Å². The molecule has 2 fully saturated rings. The van der Waals surface area contributed by atoms with Crippen molar-refractivity contribution >= 4 is 17.6 Å². The molecule has 0 saturated heterocycles. The van der Waals surface area contributed by atoms with Crippen molar-refractivity contribution in [2.24, 2.45) is 17.8 Å². The van der Waals surface area contributed by atoms with E-state index in [2.05, 4.69) is 10.1 Å². The number of hydrogen-bond donors (Lipinski definition) is 0. The molecule has 0 aliphatic heterocycles. The van der Waals surface area contributed by atoms with E-state index in [9.17, 15) is 4.79 Å². The molecule has 0 amide bonds. The number of benzene rings is 1. The van der Waals surface area contributed by atoms with Gasteiger partial charge in [0, 0.05) is 17.0 Å². The predicted octanol–water partition coefficient (Wildman–Crippen LogP) is 4.26. The Kier molecular flexibility index (Phi) is 4.27. The monoisotopic (exact) mass is 346 g/mol. The maximum Gasteiger partial charge on any atom is 0.306 e. The highest BCUT2D eigenvalue weighted by Gasteiger charge is 2.40. The van der Waals surface area contributed by atoms with E-state index < -0.39 is 0 Å². The van der Waals surface area contributed by atoms with Crippen molar-refractivity contribution in [1.82, 2.24) is 10.1 Å². The summed E-state index contributed by atoms with van der Waals surface area (Å²) in [6.07, 6.45) is 5.61. The van der Waals surface area contributed by atoms with Crippen molar-refractivity contribution in [3.63, 3.8) is 0 Å². The van der Waals surface area contributed by atoms with Crippen LogP contribution >= 0.6 is 11.6 Å². The molecule has 126 valence electrons. The van der Waals surface area contributed by atoms with Gasteiger partial charge in [-0.2, -0.15) is 4.98 Å². The third-order valence-electron chi connectivity index (χ3n) is 5.24. The van der Waals surface area contributed by atoms with E-state index in [4.69, 9.17) is 20.9 Å². The van der Waals surface area contributed by atoms with Crippen molar-refractivity contribution < 1.29 is 14.1 Å². The highest BCUT2D eigenvalue weighted by atomic mass is 35.5. The molecule has 2 aliphatic rings. The van der Waals surface area contributed by atoms with Gasteiger partial charge in [0.2, 0.25) is 5.82 Å². The number of halogens is 1. The van der Waals surface area contributed by atoms with Gasteiger partial charge in [0.25, 0.3) is 5.89 Å². The summed E-state index contributed by atoms with van der Waals surface area (Å²) in [5, 5.41) is 4.56. The number of carbonyl (C=O) groups is 1. The number of aromatic nitrogens is 2. The molecule has 3 atom stereocenters. The summed E-state index contributed by atoms with van der Waals surface area (Å²) in [5.74, 6) is 2.67. The van der Waals surface area contributed by atoms with Gasteiger partial charge in [0.1, 0.15) is 0 Å². The van der Waals surface area contributed by atoms with E-state index in [-0.39, 0.29) is 12.6 Å². The average molecular weight is 347 g/mol. The van der Waals surface area contributed by atoms with Crippen LogP contribution in [0.1, 0.15) is 38.0 Å². The average Bonchev–Trinajstić information content (AvgIpc) is 3.30. The van der Waals surface area contributed by atoms with Crippen LogP contribution in [0.2, 0.25) is 5.02 Å². The van der Waals surface area contributed by atoms with E-state index in [1.807, 2.05) is 12.1 Å². The van der Waals surface area contributed by atoms with Crippen molar-refractivity contribution in [2.75, 3.05) is 0 Å². The van der Waals surface area contributed by atoms with Gasteiger partial charge >= 0.3 is 5.97 Å². The van der Waals surface area contributed by atoms with Crippen molar-refractivity contribution in [2.45, 2.75) is 38.7 Å². The predicted molar refractivity (Wildman–Crippen MR) is 88.1 cm³/mol. The number of nitrogens with zero attached hydrogens (tertiary/aromatic N) is 2. The molecule has 0 radical (unpaired) electrons. The van der Waals surface area contributed by atoms with Gasteiger partial charge in [0.05, 0.1) is 0 Å². The molecule has 0 N–H and O–H groups in total. The fraction of sp³-hybridized carbons (Fsp3) is 0.500. The summed E-state index contributed by atoms with van der Waals surface area (Å²) in [7, 11) is 0. The van der Waals surface area contributed by atoms with Crippen LogP contribution in [0.15, 0.2) is 28.8 Å². The highest BCUT2D eigenvalue weighted by Crippen LogP contribution is 2.49. The first kappa shape index (κ1) is 15.6. The van der Waals surface area contributed by atoms with Crippen LogP contribution < -0.4 is 0 Å².